The topological polar surface area (TPSA) is 24.1 Å². The number of phenols is 1. The number of pyridine rings is 1. The normalized spacial score (nSPS) is 10.6. The molecule has 2 heteroatoms. The van der Waals surface area contributed by atoms with Gasteiger partial charge in [0.15, 0.2) is 11.9 Å². The van der Waals surface area contributed by atoms with Crippen molar-refractivity contribution in [2.75, 3.05) is 0 Å². The molecule has 0 unspecified atom stereocenters. The zero-order chi connectivity index (χ0) is 9.42. The summed E-state index contributed by atoms with van der Waals surface area (Å²) in [6, 6.07) is 7.64. The van der Waals surface area contributed by atoms with Crippen LogP contribution in [0.15, 0.2) is 30.5 Å². The summed E-state index contributed by atoms with van der Waals surface area (Å²) < 4.78 is 1.93. The zero-order valence-electron chi connectivity index (χ0n) is 7.78. The first-order valence-electron chi connectivity index (χ1n) is 4.27. The van der Waals surface area contributed by atoms with E-state index < -0.39 is 0 Å². The van der Waals surface area contributed by atoms with E-state index in [1.165, 1.54) is 5.56 Å². The van der Waals surface area contributed by atoms with Crippen LogP contribution in [-0.2, 0) is 7.05 Å². The molecule has 0 amide bonds. The minimum absolute atomic E-state index is 0.337. The fourth-order valence-electron chi connectivity index (χ4n) is 1.61. The van der Waals surface area contributed by atoms with Crippen molar-refractivity contribution in [3.63, 3.8) is 0 Å². The highest BCUT2D eigenvalue weighted by molar-refractivity contribution is 5.83. The molecule has 0 saturated carbocycles. The first-order chi connectivity index (χ1) is 6.20. The van der Waals surface area contributed by atoms with Crippen molar-refractivity contribution in [1.82, 2.24) is 0 Å². The number of aromatic nitrogens is 1. The molecule has 1 aromatic heterocycles. The summed E-state index contributed by atoms with van der Waals surface area (Å²) in [6.07, 6.45) is 1.96. The molecule has 0 atom stereocenters. The van der Waals surface area contributed by atoms with Crippen LogP contribution in [0.4, 0.5) is 0 Å². The summed E-state index contributed by atoms with van der Waals surface area (Å²) in [4.78, 5) is 0. The number of hydrogen-bond donors (Lipinski definition) is 1. The Morgan fingerprint density at radius 1 is 1.23 bits per heavy atom. The number of aromatic hydroxyl groups is 1. The first-order valence-corrected chi connectivity index (χ1v) is 4.27. The van der Waals surface area contributed by atoms with E-state index in [1.807, 2.05) is 42.9 Å². The Balaban J connectivity index is 3.00. The van der Waals surface area contributed by atoms with Crippen molar-refractivity contribution in [2.24, 2.45) is 7.05 Å². The molecule has 2 nitrogen and oxygen atoms in total. The second-order valence-corrected chi connectivity index (χ2v) is 3.28. The lowest BCUT2D eigenvalue weighted by atomic mass is 10.1. The molecule has 0 radical (unpaired) electrons. The first kappa shape index (κ1) is 8.05. The summed E-state index contributed by atoms with van der Waals surface area (Å²) in [5, 5.41) is 10.8. The van der Waals surface area contributed by atoms with Gasteiger partial charge in [0.2, 0.25) is 0 Å². The van der Waals surface area contributed by atoms with Gasteiger partial charge >= 0.3 is 0 Å². The Morgan fingerprint density at radius 3 is 2.69 bits per heavy atom. The van der Waals surface area contributed by atoms with E-state index in [0.717, 1.165) is 10.9 Å². The van der Waals surface area contributed by atoms with Gasteiger partial charge in [-0.05, 0) is 24.6 Å². The van der Waals surface area contributed by atoms with E-state index in [1.54, 1.807) is 6.07 Å². The highest BCUT2D eigenvalue weighted by Crippen LogP contribution is 2.22. The Labute approximate surface area is 77.1 Å². The molecule has 0 aliphatic carbocycles. The summed E-state index contributed by atoms with van der Waals surface area (Å²) in [6.45, 7) is 2.04. The smallest absolute Gasteiger partial charge is 0.254 e. The molecule has 0 bridgehead atoms. The summed E-state index contributed by atoms with van der Waals surface area (Å²) in [7, 11) is 1.93. The second-order valence-electron chi connectivity index (χ2n) is 3.28. The van der Waals surface area contributed by atoms with E-state index in [4.69, 9.17) is 0 Å². The number of nitrogens with zero attached hydrogens (tertiary/aromatic N) is 1. The predicted molar refractivity (Wildman–Crippen MR) is 51.5 cm³/mol. The van der Waals surface area contributed by atoms with Crippen LogP contribution in [0, 0.1) is 6.92 Å². The van der Waals surface area contributed by atoms with Crippen molar-refractivity contribution in [3.8, 4) is 5.75 Å². The Bertz CT molecular complexity index is 455. The quantitative estimate of drug-likeness (QED) is 0.604. The van der Waals surface area contributed by atoms with Crippen LogP contribution in [0.3, 0.4) is 0 Å². The standard InChI is InChI=1S/C11H11NO/c1-8-6-7-12(2)11-9(8)4-3-5-10(11)13/h3-7H,1-2H3/p+1. The Hall–Kier alpha value is -1.57. The van der Waals surface area contributed by atoms with Gasteiger partial charge in [0, 0.05) is 6.07 Å². The van der Waals surface area contributed by atoms with Gasteiger partial charge in [0.1, 0.15) is 7.05 Å². The van der Waals surface area contributed by atoms with E-state index in [-0.39, 0.29) is 0 Å². The van der Waals surface area contributed by atoms with E-state index in [2.05, 4.69) is 0 Å². The maximum absolute atomic E-state index is 9.66. The number of hydrogen-bond acceptors (Lipinski definition) is 1. The number of para-hydroxylation sites is 1. The van der Waals surface area contributed by atoms with Crippen molar-refractivity contribution >= 4 is 10.9 Å². The van der Waals surface area contributed by atoms with Crippen molar-refractivity contribution < 1.29 is 9.67 Å². The third kappa shape index (κ3) is 1.15. The molecule has 0 fully saturated rings. The van der Waals surface area contributed by atoms with Crippen LogP contribution < -0.4 is 4.57 Å². The van der Waals surface area contributed by atoms with Gasteiger partial charge in [0.25, 0.3) is 5.52 Å². The fourth-order valence-corrected chi connectivity index (χ4v) is 1.61. The molecule has 13 heavy (non-hydrogen) atoms. The van der Waals surface area contributed by atoms with Crippen LogP contribution in [0.5, 0.6) is 5.75 Å². The monoisotopic (exact) mass is 174 g/mol. The number of fused-ring (bicyclic) bond motifs is 1. The number of rotatable bonds is 0. The Morgan fingerprint density at radius 2 is 2.00 bits per heavy atom. The summed E-state index contributed by atoms with van der Waals surface area (Å²) >= 11 is 0. The van der Waals surface area contributed by atoms with Crippen molar-refractivity contribution in [3.05, 3.63) is 36.0 Å². The lowest BCUT2D eigenvalue weighted by molar-refractivity contribution is -0.645. The van der Waals surface area contributed by atoms with Crippen molar-refractivity contribution in [1.29, 1.82) is 0 Å². The molecule has 1 N–H and O–H groups in total. The molecule has 2 rings (SSSR count). The SMILES string of the molecule is Cc1cc[n+](C)c2c(O)cccc12. The molecular formula is C11H12NO+. The molecule has 66 valence electrons. The average Bonchev–Trinajstić information content (AvgIpc) is 2.12. The van der Waals surface area contributed by atoms with Crippen LogP contribution in [-0.4, -0.2) is 5.11 Å². The van der Waals surface area contributed by atoms with Gasteiger partial charge in [-0.25, -0.2) is 0 Å². The minimum Gasteiger partial charge on any atom is -0.502 e. The van der Waals surface area contributed by atoms with Crippen LogP contribution in [0.1, 0.15) is 5.56 Å². The average molecular weight is 174 g/mol. The molecule has 0 aliphatic heterocycles. The van der Waals surface area contributed by atoms with Gasteiger partial charge in [-0.1, -0.05) is 6.07 Å². The van der Waals surface area contributed by atoms with Gasteiger partial charge in [-0.15, -0.1) is 0 Å². The lowest BCUT2D eigenvalue weighted by Crippen LogP contribution is -2.28. The van der Waals surface area contributed by atoms with Crippen molar-refractivity contribution in [2.45, 2.75) is 6.92 Å². The fraction of sp³-hybridized carbons (Fsp3) is 0.182. The molecule has 0 spiro atoms. The third-order valence-electron chi connectivity index (χ3n) is 2.34. The molecule has 2 aromatic rings. The molecule has 1 aromatic carbocycles. The highest BCUT2D eigenvalue weighted by atomic mass is 16.3. The number of benzene rings is 1. The predicted octanol–water partition coefficient (Wildman–Crippen LogP) is 1.68. The zero-order valence-corrected chi connectivity index (χ0v) is 7.78. The Kier molecular flexibility index (Phi) is 1.69. The third-order valence-corrected chi connectivity index (χ3v) is 2.34. The minimum atomic E-state index is 0.337. The maximum Gasteiger partial charge on any atom is 0.254 e. The highest BCUT2D eigenvalue weighted by Gasteiger charge is 2.10. The summed E-state index contributed by atoms with van der Waals surface area (Å²) in [5.41, 5.74) is 2.08. The largest absolute Gasteiger partial charge is 0.502 e. The van der Waals surface area contributed by atoms with Crippen LogP contribution >= 0.6 is 0 Å². The molecule has 1 heterocycles. The molecular weight excluding hydrogens is 162 g/mol. The summed E-state index contributed by atoms with van der Waals surface area (Å²) in [5.74, 6) is 0.337. The van der Waals surface area contributed by atoms with E-state index in [0.29, 0.717) is 5.75 Å². The van der Waals surface area contributed by atoms with E-state index in [9.17, 15) is 5.11 Å². The molecule has 0 aliphatic rings. The van der Waals surface area contributed by atoms with Gasteiger partial charge in [-0.2, -0.15) is 4.57 Å². The second kappa shape index (κ2) is 2.73. The van der Waals surface area contributed by atoms with Gasteiger partial charge in [-0.3, -0.25) is 0 Å². The van der Waals surface area contributed by atoms with Gasteiger partial charge < -0.3 is 5.11 Å². The maximum atomic E-state index is 9.66. The molecule has 0 saturated heterocycles. The van der Waals surface area contributed by atoms with Crippen LogP contribution in [0.25, 0.3) is 10.9 Å². The number of phenolic OH excluding ortho intramolecular Hbond substituents is 1. The van der Waals surface area contributed by atoms with E-state index >= 15 is 0 Å². The van der Waals surface area contributed by atoms with Crippen LogP contribution in [0.2, 0.25) is 0 Å². The van der Waals surface area contributed by atoms with Gasteiger partial charge in [0.05, 0.1) is 5.39 Å². The number of aryl methyl sites for hydroxylation is 2. The lowest BCUT2D eigenvalue weighted by Gasteiger charge is -2.01.